The van der Waals surface area contributed by atoms with Crippen LogP contribution in [0.25, 0.3) is 6.08 Å². The lowest BCUT2D eigenvalue weighted by Gasteiger charge is -2.30. The first-order chi connectivity index (χ1) is 11.7. The van der Waals surface area contributed by atoms with Crippen molar-refractivity contribution < 1.29 is 14.4 Å². The third-order valence-corrected chi connectivity index (χ3v) is 5.19. The molecule has 1 aromatic carbocycles. The summed E-state index contributed by atoms with van der Waals surface area (Å²) in [7, 11) is 2.20. The number of carbonyl (C=O) groups excluding carboxylic acids is 1. The third kappa shape index (κ3) is 4.19. The van der Waals surface area contributed by atoms with Crippen molar-refractivity contribution in [2.75, 3.05) is 39.8 Å². The van der Waals surface area contributed by atoms with Gasteiger partial charge in [-0.1, -0.05) is 19.1 Å². The van der Waals surface area contributed by atoms with Gasteiger partial charge in [0.2, 0.25) is 0 Å². The van der Waals surface area contributed by atoms with E-state index in [0.29, 0.717) is 4.91 Å². The lowest BCUT2D eigenvalue weighted by Crippen LogP contribution is -3.12. The second-order valence-corrected chi connectivity index (χ2v) is 7.18. The van der Waals surface area contributed by atoms with E-state index in [4.69, 9.17) is 4.74 Å². The van der Waals surface area contributed by atoms with Crippen LogP contribution in [0.15, 0.2) is 34.2 Å². The van der Waals surface area contributed by atoms with E-state index >= 15 is 0 Å². The summed E-state index contributed by atoms with van der Waals surface area (Å²) in [4.78, 5) is 20.9. The molecule has 0 aromatic heterocycles. The van der Waals surface area contributed by atoms with E-state index in [1.807, 2.05) is 30.3 Å². The molecule has 1 aromatic rings. The Morgan fingerprint density at radius 2 is 2.00 bits per heavy atom. The number of aliphatic imine (C=N–C) groups is 1. The van der Waals surface area contributed by atoms with Gasteiger partial charge in [-0.2, -0.15) is 4.99 Å². The van der Waals surface area contributed by atoms with Gasteiger partial charge in [-0.15, -0.1) is 0 Å². The van der Waals surface area contributed by atoms with Crippen molar-refractivity contribution in [1.29, 1.82) is 0 Å². The van der Waals surface area contributed by atoms with Crippen LogP contribution >= 0.6 is 11.8 Å². The fraction of sp³-hybridized carbons (Fsp3) is 0.444. The smallest absolute Gasteiger partial charge is 0.286 e. The quantitative estimate of drug-likeness (QED) is 0.835. The minimum atomic E-state index is -0.132. The van der Waals surface area contributed by atoms with Gasteiger partial charge in [0.25, 0.3) is 5.91 Å². The lowest BCUT2D eigenvalue weighted by atomic mass is 10.2. The number of ether oxygens (including phenoxy) is 1. The van der Waals surface area contributed by atoms with Crippen LogP contribution in [0.2, 0.25) is 0 Å². The molecule has 5 nitrogen and oxygen atoms in total. The number of likely N-dealkylation sites (N-methyl/N-ethyl adjacent to an activating group) is 1. The largest absolute Gasteiger partial charge is 0.494 e. The fourth-order valence-corrected chi connectivity index (χ4v) is 3.61. The Morgan fingerprint density at radius 1 is 1.29 bits per heavy atom. The zero-order valence-corrected chi connectivity index (χ0v) is 15.1. The summed E-state index contributed by atoms with van der Waals surface area (Å²) < 4.78 is 5.58. The highest BCUT2D eigenvalue weighted by atomic mass is 32.2. The highest BCUT2D eigenvalue weighted by Crippen LogP contribution is 2.30. The minimum absolute atomic E-state index is 0.132. The van der Waals surface area contributed by atoms with Crippen LogP contribution in [-0.2, 0) is 4.79 Å². The lowest BCUT2D eigenvalue weighted by molar-refractivity contribution is -0.883. The molecular weight excluding hydrogens is 322 g/mol. The van der Waals surface area contributed by atoms with E-state index in [0.717, 1.165) is 55.7 Å². The van der Waals surface area contributed by atoms with E-state index in [1.165, 1.54) is 16.7 Å². The molecule has 1 N–H and O–H groups in total. The van der Waals surface area contributed by atoms with E-state index in [-0.39, 0.29) is 5.91 Å². The van der Waals surface area contributed by atoms with Crippen molar-refractivity contribution in [3.8, 4) is 5.75 Å². The maximum absolute atomic E-state index is 12.2. The van der Waals surface area contributed by atoms with Crippen molar-refractivity contribution in [3.63, 3.8) is 0 Å². The predicted molar refractivity (Wildman–Crippen MR) is 98.4 cm³/mol. The van der Waals surface area contributed by atoms with Gasteiger partial charge in [-0.05, 0) is 42.0 Å². The highest BCUT2D eigenvalue weighted by Gasteiger charge is 2.28. The average Bonchev–Trinajstić information content (AvgIpc) is 2.95. The molecule has 0 atom stereocenters. The molecule has 0 aliphatic carbocycles. The van der Waals surface area contributed by atoms with E-state index < -0.39 is 0 Å². The molecule has 0 saturated carbocycles. The number of benzene rings is 1. The molecule has 128 valence electrons. The SMILES string of the molecule is CCCOc1ccc(/C=C2/SC(N3CC[NH+](C)CC3)=NC2=O)cc1. The zero-order chi connectivity index (χ0) is 16.9. The minimum Gasteiger partial charge on any atom is -0.494 e. The number of nitrogens with zero attached hydrogens (tertiary/aromatic N) is 2. The number of hydrogen-bond acceptors (Lipinski definition) is 4. The van der Waals surface area contributed by atoms with E-state index in [2.05, 4.69) is 23.9 Å². The standard InChI is InChI=1S/C18H23N3O2S/c1-3-12-23-15-6-4-14(5-7-15)13-16-17(22)19-18(24-16)21-10-8-20(2)9-11-21/h4-7,13H,3,8-12H2,1-2H3/p+1/b16-13+. The normalized spacial score (nSPS) is 20.6. The Kier molecular flexibility index (Phi) is 5.58. The van der Waals surface area contributed by atoms with Crippen LogP contribution in [0.3, 0.4) is 0 Å². The molecular formula is C18H24N3O2S+. The number of amidine groups is 1. The number of rotatable bonds is 4. The fourth-order valence-electron chi connectivity index (χ4n) is 2.64. The number of piperazine rings is 1. The van der Waals surface area contributed by atoms with E-state index in [9.17, 15) is 4.79 Å². The number of thioether (sulfide) groups is 1. The van der Waals surface area contributed by atoms with Gasteiger partial charge in [0.1, 0.15) is 5.75 Å². The molecule has 2 aliphatic rings. The first kappa shape index (κ1) is 17.0. The van der Waals surface area contributed by atoms with Crippen molar-refractivity contribution in [2.45, 2.75) is 13.3 Å². The Balaban J connectivity index is 1.63. The molecule has 0 radical (unpaired) electrons. The molecule has 1 amide bonds. The van der Waals surface area contributed by atoms with Crippen molar-refractivity contribution in [3.05, 3.63) is 34.7 Å². The number of amides is 1. The second kappa shape index (κ2) is 7.85. The maximum Gasteiger partial charge on any atom is 0.286 e. The molecule has 1 fully saturated rings. The summed E-state index contributed by atoms with van der Waals surface area (Å²) in [5.74, 6) is 0.730. The number of nitrogens with one attached hydrogen (secondary N) is 1. The molecule has 2 aliphatic heterocycles. The molecule has 1 saturated heterocycles. The van der Waals surface area contributed by atoms with Crippen LogP contribution in [0.5, 0.6) is 5.75 Å². The van der Waals surface area contributed by atoms with Crippen molar-refractivity contribution >= 4 is 28.9 Å². The van der Waals surface area contributed by atoms with Gasteiger partial charge in [-0.25, -0.2) is 0 Å². The molecule has 2 heterocycles. The molecule has 0 unspecified atom stereocenters. The van der Waals surface area contributed by atoms with Crippen LogP contribution < -0.4 is 9.64 Å². The van der Waals surface area contributed by atoms with Crippen molar-refractivity contribution in [1.82, 2.24) is 4.90 Å². The van der Waals surface area contributed by atoms with Crippen LogP contribution in [-0.4, -0.2) is 55.8 Å². The predicted octanol–water partition coefficient (Wildman–Crippen LogP) is 1.28. The number of carbonyl (C=O) groups is 1. The summed E-state index contributed by atoms with van der Waals surface area (Å²) in [5.41, 5.74) is 0.994. The molecule has 0 spiro atoms. The molecule has 6 heteroatoms. The highest BCUT2D eigenvalue weighted by molar-refractivity contribution is 8.18. The molecule has 3 rings (SSSR count). The number of hydrogen-bond donors (Lipinski definition) is 1. The summed E-state index contributed by atoms with van der Waals surface area (Å²) in [6.45, 7) is 6.90. The van der Waals surface area contributed by atoms with Gasteiger partial charge >= 0.3 is 0 Å². The Morgan fingerprint density at radius 3 is 2.67 bits per heavy atom. The average molecular weight is 346 g/mol. The second-order valence-electron chi connectivity index (χ2n) is 6.17. The van der Waals surface area contributed by atoms with Crippen molar-refractivity contribution in [2.24, 2.45) is 4.99 Å². The summed E-state index contributed by atoms with van der Waals surface area (Å²) in [6.07, 6.45) is 2.90. The molecule has 24 heavy (non-hydrogen) atoms. The van der Waals surface area contributed by atoms with Crippen LogP contribution in [0, 0.1) is 0 Å². The first-order valence-corrected chi connectivity index (χ1v) is 9.29. The van der Waals surface area contributed by atoms with Crippen LogP contribution in [0.1, 0.15) is 18.9 Å². The van der Waals surface area contributed by atoms with Gasteiger partial charge in [0.05, 0.1) is 44.7 Å². The summed E-state index contributed by atoms with van der Waals surface area (Å²) in [6, 6.07) is 7.83. The summed E-state index contributed by atoms with van der Waals surface area (Å²) >= 11 is 1.49. The van der Waals surface area contributed by atoms with E-state index in [1.54, 1.807) is 0 Å². The third-order valence-electron chi connectivity index (χ3n) is 4.15. The van der Waals surface area contributed by atoms with Gasteiger partial charge in [0, 0.05) is 0 Å². The first-order valence-electron chi connectivity index (χ1n) is 8.47. The Labute approximate surface area is 147 Å². The van der Waals surface area contributed by atoms with Gasteiger partial charge in [-0.3, -0.25) is 4.79 Å². The Hall–Kier alpha value is -1.79. The van der Waals surface area contributed by atoms with Gasteiger partial charge < -0.3 is 14.5 Å². The maximum atomic E-state index is 12.2. The molecule has 0 bridgehead atoms. The Bertz CT molecular complexity index is 647. The van der Waals surface area contributed by atoms with Gasteiger partial charge in [0.15, 0.2) is 5.17 Å². The zero-order valence-electron chi connectivity index (χ0n) is 14.2. The summed E-state index contributed by atoms with van der Waals surface area (Å²) in [5, 5.41) is 0.849. The van der Waals surface area contributed by atoms with Crippen LogP contribution in [0.4, 0.5) is 0 Å². The number of quaternary nitrogens is 1. The monoisotopic (exact) mass is 346 g/mol. The topological polar surface area (TPSA) is 46.3 Å².